The van der Waals surface area contributed by atoms with Crippen molar-refractivity contribution >= 4 is 28.3 Å². The summed E-state index contributed by atoms with van der Waals surface area (Å²) in [5.74, 6) is 0.00489. The predicted octanol–water partition coefficient (Wildman–Crippen LogP) is 5.10. The van der Waals surface area contributed by atoms with Crippen molar-refractivity contribution in [1.82, 2.24) is 19.9 Å². The average Bonchev–Trinajstić information content (AvgIpc) is 3.75. The molecule has 9 nitrogen and oxygen atoms in total. The van der Waals surface area contributed by atoms with Crippen molar-refractivity contribution in [3.63, 3.8) is 0 Å². The van der Waals surface area contributed by atoms with E-state index in [9.17, 15) is 14.6 Å². The van der Waals surface area contributed by atoms with Crippen molar-refractivity contribution in [2.24, 2.45) is 0 Å². The Morgan fingerprint density at radius 2 is 1.98 bits per heavy atom. The fourth-order valence-corrected chi connectivity index (χ4v) is 6.09. The molecule has 3 aliphatic rings. The van der Waals surface area contributed by atoms with Gasteiger partial charge in [0.25, 0.3) is 0 Å². The zero-order valence-electron chi connectivity index (χ0n) is 23.5. The van der Waals surface area contributed by atoms with Gasteiger partial charge in [0.05, 0.1) is 20.3 Å². The maximum atomic E-state index is 15.9. The van der Waals surface area contributed by atoms with Crippen LogP contribution in [-0.4, -0.2) is 88.8 Å². The monoisotopic (exact) mass is 591 g/mol. The summed E-state index contributed by atoms with van der Waals surface area (Å²) in [5, 5.41) is 20.3. The maximum absolute atomic E-state index is 15.9. The number of β-amino-alcohol motifs (C(OH)–C–C–N with tert-alkyl or cyclic N) is 1. The van der Waals surface area contributed by atoms with E-state index in [1.165, 1.54) is 19.2 Å². The van der Waals surface area contributed by atoms with E-state index in [0.29, 0.717) is 40.9 Å². The molecule has 4 heterocycles. The van der Waals surface area contributed by atoms with Crippen LogP contribution in [0.2, 0.25) is 5.02 Å². The van der Waals surface area contributed by atoms with Crippen LogP contribution in [0.25, 0.3) is 22.2 Å². The number of ether oxygens (including phenoxy) is 2. The SMILES string of the molecule is CCC1CC(F)CN1CC.COc1nc2c3c(nc(-c4cc(O)cc(Cl)c4C4CC4)c(F)c3n1)OCCN2CCO. The molecular formula is C29H36ClF2N5O4. The molecule has 1 saturated carbocycles. The molecular weight excluding hydrogens is 556 g/mol. The van der Waals surface area contributed by atoms with Crippen LogP contribution in [0.4, 0.5) is 14.6 Å². The molecule has 2 aromatic heterocycles. The zero-order chi connectivity index (χ0) is 29.3. The molecule has 0 bridgehead atoms. The summed E-state index contributed by atoms with van der Waals surface area (Å²) < 4.78 is 39.7. The first-order valence-electron chi connectivity index (χ1n) is 14.1. The number of aliphatic hydroxyl groups is 1. The number of methoxy groups -OCH3 is 1. The number of aliphatic hydroxyl groups excluding tert-OH is 1. The lowest BCUT2D eigenvalue weighted by Crippen LogP contribution is -2.30. The number of phenolic OH excluding ortho intramolecular Hbond substituents is 1. The second-order valence-corrected chi connectivity index (χ2v) is 10.9. The molecule has 3 aromatic rings. The molecule has 1 aliphatic carbocycles. The van der Waals surface area contributed by atoms with Gasteiger partial charge in [-0.1, -0.05) is 25.4 Å². The van der Waals surface area contributed by atoms with E-state index in [2.05, 4.69) is 33.7 Å². The fraction of sp³-hybridized carbons (Fsp3) is 0.552. The molecule has 2 unspecified atom stereocenters. The summed E-state index contributed by atoms with van der Waals surface area (Å²) in [5.41, 5.74) is 1.17. The third kappa shape index (κ3) is 5.98. The first-order valence-corrected chi connectivity index (χ1v) is 14.5. The summed E-state index contributed by atoms with van der Waals surface area (Å²) in [6, 6.07) is 3.43. The topological polar surface area (TPSA) is 104 Å². The number of pyridine rings is 1. The summed E-state index contributed by atoms with van der Waals surface area (Å²) in [6.07, 6.45) is 3.15. The average molecular weight is 592 g/mol. The van der Waals surface area contributed by atoms with Crippen molar-refractivity contribution in [2.75, 3.05) is 51.4 Å². The summed E-state index contributed by atoms with van der Waals surface area (Å²) in [4.78, 5) is 17.1. The minimum atomic E-state index is -0.682. The molecule has 1 saturated heterocycles. The van der Waals surface area contributed by atoms with Crippen molar-refractivity contribution in [1.29, 1.82) is 0 Å². The van der Waals surface area contributed by atoms with Gasteiger partial charge >= 0.3 is 6.01 Å². The lowest BCUT2D eigenvalue weighted by molar-refractivity contribution is 0.251. The molecule has 2 N–H and O–H groups in total. The molecule has 1 aromatic carbocycles. The number of nitrogens with zero attached hydrogens (tertiary/aromatic N) is 5. The lowest BCUT2D eigenvalue weighted by Gasteiger charge is -2.21. The largest absolute Gasteiger partial charge is 0.508 e. The van der Waals surface area contributed by atoms with E-state index in [1.54, 1.807) is 4.90 Å². The van der Waals surface area contributed by atoms with E-state index >= 15 is 4.39 Å². The molecule has 41 heavy (non-hydrogen) atoms. The zero-order valence-corrected chi connectivity index (χ0v) is 24.3. The molecule has 0 spiro atoms. The van der Waals surface area contributed by atoms with Gasteiger partial charge in [-0.05, 0) is 55.8 Å². The van der Waals surface area contributed by atoms with Crippen LogP contribution in [-0.2, 0) is 0 Å². The fourth-order valence-electron chi connectivity index (χ4n) is 5.72. The number of benzene rings is 1. The number of aromatic nitrogens is 3. The quantitative estimate of drug-likeness (QED) is 0.388. The molecule has 0 radical (unpaired) electrons. The number of rotatable bonds is 7. The van der Waals surface area contributed by atoms with Gasteiger partial charge in [-0.15, -0.1) is 0 Å². The predicted molar refractivity (Wildman–Crippen MR) is 154 cm³/mol. The Labute approximate surface area is 243 Å². The highest BCUT2D eigenvalue weighted by Gasteiger charge is 2.33. The molecule has 2 fully saturated rings. The van der Waals surface area contributed by atoms with Crippen molar-refractivity contribution < 1.29 is 28.5 Å². The van der Waals surface area contributed by atoms with Crippen molar-refractivity contribution in [3.8, 4) is 28.9 Å². The van der Waals surface area contributed by atoms with Crippen molar-refractivity contribution in [2.45, 2.75) is 57.7 Å². The Bertz CT molecular complexity index is 1400. The van der Waals surface area contributed by atoms with Gasteiger partial charge in [0.15, 0.2) is 5.82 Å². The van der Waals surface area contributed by atoms with Gasteiger partial charge in [0.2, 0.25) is 5.88 Å². The Balaban J connectivity index is 0.000000287. The van der Waals surface area contributed by atoms with Gasteiger partial charge in [-0.3, -0.25) is 4.90 Å². The third-order valence-corrected chi connectivity index (χ3v) is 8.19. The maximum Gasteiger partial charge on any atom is 0.318 e. The summed E-state index contributed by atoms with van der Waals surface area (Å²) >= 11 is 6.41. The van der Waals surface area contributed by atoms with E-state index < -0.39 is 12.0 Å². The lowest BCUT2D eigenvalue weighted by atomic mass is 9.98. The van der Waals surface area contributed by atoms with Crippen LogP contribution in [0, 0.1) is 5.82 Å². The van der Waals surface area contributed by atoms with Crippen molar-refractivity contribution in [3.05, 3.63) is 28.5 Å². The minimum Gasteiger partial charge on any atom is -0.508 e. The number of halogens is 3. The first-order chi connectivity index (χ1) is 19.8. The molecule has 0 amide bonds. The summed E-state index contributed by atoms with van der Waals surface area (Å²) in [7, 11) is 1.40. The second-order valence-electron chi connectivity index (χ2n) is 10.5. The van der Waals surface area contributed by atoms with Crippen LogP contribution in [0.3, 0.4) is 0 Å². The number of hydrogen-bond acceptors (Lipinski definition) is 9. The highest BCUT2D eigenvalue weighted by Crippen LogP contribution is 2.50. The van der Waals surface area contributed by atoms with Crippen LogP contribution in [0.5, 0.6) is 17.6 Å². The first kappa shape index (κ1) is 29.5. The third-order valence-electron chi connectivity index (χ3n) is 7.87. The molecule has 222 valence electrons. The van der Waals surface area contributed by atoms with E-state index in [0.717, 1.165) is 37.8 Å². The second kappa shape index (κ2) is 12.5. The number of hydrogen-bond donors (Lipinski definition) is 2. The van der Waals surface area contributed by atoms with Gasteiger partial charge in [-0.2, -0.15) is 9.97 Å². The standard InChI is InChI=1S/C21H20ClFN4O4.C8H16FN/c1-30-21-25-18-15-19(26-21)27(4-6-28)5-7-31-20(15)24-17(16(18)23)12-8-11(29)9-13(22)14(12)10-2-3-10;1-3-8-5-7(9)6-10(8)4-2/h8-10,28-29H,2-7H2,1H3;7-8H,3-6H2,1-2H3. The van der Waals surface area contributed by atoms with Crippen LogP contribution < -0.4 is 14.4 Å². The number of aromatic hydroxyl groups is 1. The van der Waals surface area contributed by atoms with Crippen LogP contribution >= 0.6 is 11.6 Å². The Morgan fingerprint density at radius 3 is 2.61 bits per heavy atom. The molecule has 6 rings (SSSR count). The van der Waals surface area contributed by atoms with Gasteiger partial charge in [-0.25, -0.2) is 13.8 Å². The van der Waals surface area contributed by atoms with Gasteiger partial charge in [0, 0.05) is 29.7 Å². The smallest absolute Gasteiger partial charge is 0.318 e. The van der Waals surface area contributed by atoms with Crippen LogP contribution in [0.15, 0.2) is 12.1 Å². The molecule has 2 aliphatic heterocycles. The molecule has 12 heteroatoms. The molecule has 2 atom stereocenters. The highest BCUT2D eigenvalue weighted by molar-refractivity contribution is 6.32. The van der Waals surface area contributed by atoms with Gasteiger partial charge in [0.1, 0.15) is 40.9 Å². The normalized spacial score (nSPS) is 20.4. The van der Waals surface area contributed by atoms with E-state index in [-0.39, 0.29) is 54.5 Å². The number of phenols is 1. The Hall–Kier alpha value is -3.02. The Morgan fingerprint density at radius 1 is 1.20 bits per heavy atom. The highest BCUT2D eigenvalue weighted by atomic mass is 35.5. The van der Waals surface area contributed by atoms with E-state index in [4.69, 9.17) is 21.1 Å². The Kier molecular flexibility index (Phi) is 8.96. The summed E-state index contributed by atoms with van der Waals surface area (Å²) in [6.45, 7) is 6.76. The van der Waals surface area contributed by atoms with Crippen LogP contribution in [0.1, 0.15) is 51.0 Å². The van der Waals surface area contributed by atoms with E-state index in [1.807, 2.05) is 0 Å². The van der Waals surface area contributed by atoms with Gasteiger partial charge < -0.3 is 24.6 Å². The number of likely N-dealkylation sites (tertiary alicyclic amines) is 1. The number of anilines is 1. The number of alkyl halides is 1. The minimum absolute atomic E-state index is 0.00418.